The van der Waals surface area contributed by atoms with Crippen LogP contribution in [0.3, 0.4) is 0 Å². The Kier molecular flexibility index (Phi) is 3.15. The second-order valence-electron chi connectivity index (χ2n) is 5.66. The Morgan fingerprint density at radius 1 is 1.37 bits per heavy atom. The average molecular weight is 256 g/mol. The quantitative estimate of drug-likeness (QED) is 0.891. The molecular weight excluding hydrogens is 236 g/mol. The van der Waals surface area contributed by atoms with Crippen molar-refractivity contribution in [2.24, 2.45) is 13.0 Å². The zero-order chi connectivity index (χ0) is 13.4. The third kappa shape index (κ3) is 2.30. The molecule has 1 N–H and O–H groups in total. The van der Waals surface area contributed by atoms with Crippen LogP contribution in [0, 0.1) is 12.8 Å². The van der Waals surface area contributed by atoms with Gasteiger partial charge in [-0.1, -0.05) is 12.1 Å². The molecule has 3 heteroatoms. The van der Waals surface area contributed by atoms with Gasteiger partial charge < -0.3 is 9.88 Å². The minimum Gasteiger partial charge on any atom is -0.316 e. The third-order valence-electron chi connectivity index (χ3n) is 4.13. The Morgan fingerprint density at radius 2 is 2.21 bits per heavy atom. The zero-order valence-corrected chi connectivity index (χ0v) is 11.6. The monoisotopic (exact) mass is 256 g/mol. The van der Waals surface area contributed by atoms with Gasteiger partial charge in [0.1, 0.15) is 0 Å². The molecule has 0 spiro atoms. The maximum absolute atomic E-state index is 12.4. The number of fused-ring (bicyclic) bond motifs is 1. The van der Waals surface area contributed by atoms with E-state index in [-0.39, 0.29) is 5.56 Å². The number of hydrogen-bond acceptors (Lipinski definition) is 2. The molecule has 3 rings (SSSR count). The summed E-state index contributed by atoms with van der Waals surface area (Å²) in [6, 6.07) is 8.38. The normalized spacial score (nSPS) is 19.2. The fourth-order valence-electron chi connectivity index (χ4n) is 2.99. The van der Waals surface area contributed by atoms with Crippen LogP contribution in [0.4, 0.5) is 0 Å². The smallest absolute Gasteiger partial charge is 0.253 e. The summed E-state index contributed by atoms with van der Waals surface area (Å²) in [6.45, 7) is 4.18. The fourth-order valence-corrected chi connectivity index (χ4v) is 2.99. The van der Waals surface area contributed by atoms with Crippen LogP contribution >= 0.6 is 0 Å². The van der Waals surface area contributed by atoms with E-state index in [2.05, 4.69) is 36.5 Å². The van der Waals surface area contributed by atoms with Crippen LogP contribution in [0.15, 0.2) is 29.1 Å². The Bertz CT molecular complexity index is 666. The van der Waals surface area contributed by atoms with Gasteiger partial charge in [-0.25, -0.2) is 0 Å². The molecular formula is C16H20N2O. The lowest BCUT2D eigenvalue weighted by Gasteiger charge is -2.12. The summed E-state index contributed by atoms with van der Waals surface area (Å²) < 4.78 is 1.79. The van der Waals surface area contributed by atoms with E-state index >= 15 is 0 Å². The number of aromatic nitrogens is 1. The van der Waals surface area contributed by atoms with E-state index in [1.807, 2.05) is 7.05 Å². The van der Waals surface area contributed by atoms with E-state index in [0.29, 0.717) is 5.92 Å². The summed E-state index contributed by atoms with van der Waals surface area (Å²) in [5.74, 6) is 0.607. The van der Waals surface area contributed by atoms with E-state index in [1.165, 1.54) is 12.0 Å². The predicted molar refractivity (Wildman–Crippen MR) is 78.6 cm³/mol. The lowest BCUT2D eigenvalue weighted by Crippen LogP contribution is -2.23. The van der Waals surface area contributed by atoms with Crippen LogP contribution in [-0.2, 0) is 13.5 Å². The maximum Gasteiger partial charge on any atom is 0.253 e. The van der Waals surface area contributed by atoms with Gasteiger partial charge in [-0.3, -0.25) is 4.79 Å². The number of rotatable bonds is 2. The number of aryl methyl sites for hydroxylation is 2. The number of nitrogens with one attached hydrogen (secondary N) is 1. The molecule has 0 amide bonds. The van der Waals surface area contributed by atoms with Gasteiger partial charge >= 0.3 is 0 Å². The van der Waals surface area contributed by atoms with E-state index in [1.54, 1.807) is 4.57 Å². The molecule has 0 aliphatic carbocycles. The van der Waals surface area contributed by atoms with Gasteiger partial charge in [0.2, 0.25) is 0 Å². The number of pyridine rings is 1. The highest BCUT2D eigenvalue weighted by Crippen LogP contribution is 2.18. The van der Waals surface area contributed by atoms with Gasteiger partial charge in [-0.2, -0.15) is 0 Å². The van der Waals surface area contributed by atoms with Crippen molar-refractivity contribution in [3.8, 4) is 0 Å². The van der Waals surface area contributed by atoms with Crippen LogP contribution in [0.25, 0.3) is 10.9 Å². The molecule has 0 radical (unpaired) electrons. The summed E-state index contributed by atoms with van der Waals surface area (Å²) >= 11 is 0. The minimum atomic E-state index is 0.157. The molecule has 2 heterocycles. The lowest BCUT2D eigenvalue weighted by atomic mass is 9.98. The Balaban J connectivity index is 2.07. The molecule has 1 fully saturated rings. The second-order valence-corrected chi connectivity index (χ2v) is 5.66. The predicted octanol–water partition coefficient (Wildman–Crippen LogP) is 2.00. The molecule has 1 aromatic heterocycles. The van der Waals surface area contributed by atoms with Crippen molar-refractivity contribution in [3.05, 3.63) is 45.7 Å². The Labute approximate surface area is 113 Å². The van der Waals surface area contributed by atoms with Crippen molar-refractivity contribution in [3.63, 3.8) is 0 Å². The van der Waals surface area contributed by atoms with Gasteiger partial charge in [-0.05, 0) is 61.9 Å². The van der Waals surface area contributed by atoms with E-state index < -0.39 is 0 Å². The maximum atomic E-state index is 12.4. The molecule has 19 heavy (non-hydrogen) atoms. The second kappa shape index (κ2) is 4.82. The number of hydrogen-bond donors (Lipinski definition) is 1. The van der Waals surface area contributed by atoms with Gasteiger partial charge in [0, 0.05) is 12.6 Å². The SMILES string of the molecule is Cc1ccc2cc(CC3CCNC3)c(=O)n(C)c2c1. The standard InChI is InChI=1S/C16H20N2O/c1-11-3-4-13-9-14(8-12-5-6-17-10-12)16(19)18(2)15(13)7-11/h3-4,7,9,12,17H,5-6,8,10H2,1-2H3. The molecule has 1 aliphatic rings. The van der Waals surface area contributed by atoms with Crippen LogP contribution in [0.1, 0.15) is 17.5 Å². The zero-order valence-electron chi connectivity index (χ0n) is 11.6. The molecule has 0 bridgehead atoms. The van der Waals surface area contributed by atoms with E-state index in [4.69, 9.17) is 0 Å². The highest BCUT2D eigenvalue weighted by molar-refractivity contribution is 5.80. The Hall–Kier alpha value is -1.61. The van der Waals surface area contributed by atoms with E-state index in [0.717, 1.165) is 36.0 Å². The van der Waals surface area contributed by atoms with Crippen molar-refractivity contribution in [1.82, 2.24) is 9.88 Å². The van der Waals surface area contributed by atoms with Crippen LogP contribution in [0.2, 0.25) is 0 Å². The van der Waals surface area contributed by atoms with Crippen molar-refractivity contribution in [2.75, 3.05) is 13.1 Å². The van der Waals surface area contributed by atoms with Crippen molar-refractivity contribution in [1.29, 1.82) is 0 Å². The van der Waals surface area contributed by atoms with Gasteiger partial charge in [0.15, 0.2) is 0 Å². The van der Waals surface area contributed by atoms with Crippen LogP contribution < -0.4 is 10.9 Å². The van der Waals surface area contributed by atoms with Crippen LogP contribution in [-0.4, -0.2) is 17.7 Å². The lowest BCUT2D eigenvalue weighted by molar-refractivity contribution is 0.575. The highest BCUT2D eigenvalue weighted by Gasteiger charge is 2.17. The van der Waals surface area contributed by atoms with Gasteiger partial charge in [0.25, 0.3) is 5.56 Å². The molecule has 0 saturated carbocycles. The van der Waals surface area contributed by atoms with Crippen molar-refractivity contribution in [2.45, 2.75) is 19.8 Å². The highest BCUT2D eigenvalue weighted by atomic mass is 16.1. The first-order valence-electron chi connectivity index (χ1n) is 6.95. The average Bonchev–Trinajstić information content (AvgIpc) is 2.89. The summed E-state index contributed by atoms with van der Waals surface area (Å²) in [4.78, 5) is 12.4. The summed E-state index contributed by atoms with van der Waals surface area (Å²) in [5.41, 5.74) is 3.33. The van der Waals surface area contributed by atoms with Gasteiger partial charge in [-0.15, -0.1) is 0 Å². The molecule has 1 aromatic carbocycles. The summed E-state index contributed by atoms with van der Waals surface area (Å²) in [5, 5.41) is 4.52. The molecule has 2 aromatic rings. The first-order chi connectivity index (χ1) is 9.15. The first-order valence-corrected chi connectivity index (χ1v) is 6.95. The summed E-state index contributed by atoms with van der Waals surface area (Å²) in [6.07, 6.45) is 2.07. The van der Waals surface area contributed by atoms with Gasteiger partial charge in [0.05, 0.1) is 5.52 Å². The molecule has 1 saturated heterocycles. The fraction of sp³-hybridized carbons (Fsp3) is 0.438. The third-order valence-corrected chi connectivity index (χ3v) is 4.13. The number of nitrogens with zero attached hydrogens (tertiary/aromatic N) is 1. The van der Waals surface area contributed by atoms with Crippen molar-refractivity contribution < 1.29 is 0 Å². The molecule has 3 nitrogen and oxygen atoms in total. The minimum absolute atomic E-state index is 0.157. The summed E-state index contributed by atoms with van der Waals surface area (Å²) in [7, 11) is 1.88. The molecule has 1 aliphatic heterocycles. The first kappa shape index (κ1) is 12.4. The van der Waals surface area contributed by atoms with Crippen molar-refractivity contribution >= 4 is 10.9 Å². The Morgan fingerprint density at radius 3 is 2.95 bits per heavy atom. The molecule has 1 unspecified atom stereocenters. The topological polar surface area (TPSA) is 34.0 Å². The van der Waals surface area contributed by atoms with Crippen LogP contribution in [0.5, 0.6) is 0 Å². The largest absolute Gasteiger partial charge is 0.316 e. The number of benzene rings is 1. The molecule has 100 valence electrons. The van der Waals surface area contributed by atoms with E-state index in [9.17, 15) is 4.79 Å². The molecule has 1 atom stereocenters.